The lowest BCUT2D eigenvalue weighted by Crippen LogP contribution is -2.42. The van der Waals surface area contributed by atoms with Gasteiger partial charge in [0.15, 0.2) is 6.10 Å². The number of fused-ring (bicyclic) bond motifs is 1. The van der Waals surface area contributed by atoms with E-state index in [1.807, 2.05) is 37.3 Å². The largest absolute Gasteiger partial charge is 0.451 e. The quantitative estimate of drug-likeness (QED) is 0.575. The van der Waals surface area contributed by atoms with Crippen molar-refractivity contribution in [3.05, 3.63) is 65.7 Å². The summed E-state index contributed by atoms with van der Waals surface area (Å²) in [4.78, 5) is 50.2. The third-order valence-electron chi connectivity index (χ3n) is 4.76. The molecule has 7 nitrogen and oxygen atoms in total. The van der Waals surface area contributed by atoms with Crippen LogP contribution < -0.4 is 10.2 Å². The zero-order chi connectivity index (χ0) is 21.0. The van der Waals surface area contributed by atoms with Gasteiger partial charge in [-0.1, -0.05) is 49.4 Å². The van der Waals surface area contributed by atoms with E-state index in [1.54, 1.807) is 25.1 Å². The maximum atomic E-state index is 12.5. The summed E-state index contributed by atoms with van der Waals surface area (Å²) in [6, 6.07) is 15.6. The van der Waals surface area contributed by atoms with Gasteiger partial charge in [0.05, 0.1) is 17.3 Å². The molecule has 1 heterocycles. The van der Waals surface area contributed by atoms with Crippen LogP contribution in [-0.2, 0) is 19.1 Å². The molecular formula is C22H22N2O5. The molecule has 0 aliphatic carbocycles. The number of anilines is 1. The molecule has 2 aromatic carbocycles. The number of esters is 1. The number of nitrogens with one attached hydrogen (secondary N) is 1. The number of Topliss-reactive ketones (excluding diaryl/α,β-unsaturated/α-hetero) is 1. The maximum Gasteiger partial charge on any atom is 0.326 e. The van der Waals surface area contributed by atoms with Crippen LogP contribution in [0.15, 0.2) is 54.6 Å². The normalized spacial score (nSPS) is 14.9. The Morgan fingerprint density at radius 2 is 1.69 bits per heavy atom. The molecule has 0 bridgehead atoms. The van der Waals surface area contributed by atoms with Gasteiger partial charge in [0.25, 0.3) is 17.6 Å². The standard InChI is InChI=1S/C22H22N2O5/c1-3-18(21(27)23-14(2)15-9-5-4-6-10-15)29-19(25)13-24-17-12-8-7-11-16(17)20(26)22(24)28/h4-12,14,18H,3,13H2,1-2H3,(H,23,27)/t14-,18-/m0/s1. The van der Waals surface area contributed by atoms with E-state index < -0.39 is 36.2 Å². The Labute approximate surface area is 168 Å². The highest BCUT2D eigenvalue weighted by Gasteiger charge is 2.37. The summed E-state index contributed by atoms with van der Waals surface area (Å²) in [7, 11) is 0. The number of benzene rings is 2. The summed E-state index contributed by atoms with van der Waals surface area (Å²) in [6.45, 7) is 3.14. The van der Waals surface area contributed by atoms with Crippen LogP contribution in [0.4, 0.5) is 5.69 Å². The van der Waals surface area contributed by atoms with Crippen LogP contribution in [-0.4, -0.2) is 36.2 Å². The third-order valence-corrected chi connectivity index (χ3v) is 4.76. The lowest BCUT2D eigenvalue weighted by atomic mass is 10.1. The lowest BCUT2D eigenvalue weighted by Gasteiger charge is -2.21. The summed E-state index contributed by atoms with van der Waals surface area (Å²) in [5.41, 5.74) is 1.56. The Bertz CT molecular complexity index is 941. The minimum atomic E-state index is -0.989. The van der Waals surface area contributed by atoms with Crippen molar-refractivity contribution in [1.82, 2.24) is 5.32 Å². The molecule has 1 N–H and O–H groups in total. The molecule has 0 saturated heterocycles. The number of para-hydroxylation sites is 1. The Morgan fingerprint density at radius 3 is 2.38 bits per heavy atom. The summed E-state index contributed by atoms with van der Waals surface area (Å²) < 4.78 is 5.30. The first-order valence-electron chi connectivity index (χ1n) is 9.42. The molecule has 2 atom stereocenters. The van der Waals surface area contributed by atoms with Gasteiger partial charge >= 0.3 is 5.97 Å². The fourth-order valence-corrected chi connectivity index (χ4v) is 3.18. The van der Waals surface area contributed by atoms with E-state index in [0.29, 0.717) is 5.69 Å². The summed E-state index contributed by atoms with van der Waals surface area (Å²) >= 11 is 0. The van der Waals surface area contributed by atoms with Crippen LogP contribution in [0.3, 0.4) is 0 Å². The summed E-state index contributed by atoms with van der Waals surface area (Å²) in [6.07, 6.45) is -0.708. The van der Waals surface area contributed by atoms with Gasteiger partial charge in [-0.15, -0.1) is 0 Å². The Balaban J connectivity index is 1.62. The van der Waals surface area contributed by atoms with Crippen LogP contribution in [0.2, 0.25) is 0 Å². The number of hydrogen-bond acceptors (Lipinski definition) is 5. The SMILES string of the molecule is CC[C@H](OC(=O)CN1C(=O)C(=O)c2ccccc21)C(=O)N[C@@H](C)c1ccccc1. The highest BCUT2D eigenvalue weighted by Crippen LogP contribution is 2.28. The first-order chi connectivity index (χ1) is 13.9. The molecule has 0 aromatic heterocycles. The number of carbonyl (C=O) groups excluding carboxylic acids is 4. The molecule has 0 radical (unpaired) electrons. The summed E-state index contributed by atoms with van der Waals surface area (Å²) in [5, 5.41) is 2.83. The fourth-order valence-electron chi connectivity index (χ4n) is 3.18. The number of amides is 2. The van der Waals surface area contributed by atoms with E-state index in [2.05, 4.69) is 5.32 Å². The molecule has 0 unspecified atom stereocenters. The molecule has 0 fully saturated rings. The Hall–Kier alpha value is -3.48. The second kappa shape index (κ2) is 8.68. The van der Waals surface area contributed by atoms with Gasteiger partial charge in [0.1, 0.15) is 6.54 Å². The topological polar surface area (TPSA) is 92.8 Å². The van der Waals surface area contributed by atoms with E-state index in [1.165, 1.54) is 6.07 Å². The van der Waals surface area contributed by atoms with Crippen LogP contribution in [0.25, 0.3) is 0 Å². The van der Waals surface area contributed by atoms with E-state index in [0.717, 1.165) is 10.5 Å². The van der Waals surface area contributed by atoms with E-state index in [9.17, 15) is 19.2 Å². The molecule has 0 saturated carbocycles. The summed E-state index contributed by atoms with van der Waals surface area (Å²) in [5.74, 6) is -2.60. The second-order valence-corrected chi connectivity index (χ2v) is 6.77. The van der Waals surface area contributed by atoms with Gasteiger partial charge in [-0.25, -0.2) is 0 Å². The van der Waals surface area contributed by atoms with E-state index in [-0.39, 0.29) is 18.0 Å². The van der Waals surface area contributed by atoms with Crippen molar-refractivity contribution < 1.29 is 23.9 Å². The third kappa shape index (κ3) is 4.34. The van der Waals surface area contributed by atoms with Gasteiger partial charge in [-0.2, -0.15) is 0 Å². The average molecular weight is 394 g/mol. The van der Waals surface area contributed by atoms with Crippen molar-refractivity contribution in [2.24, 2.45) is 0 Å². The zero-order valence-corrected chi connectivity index (χ0v) is 16.3. The monoisotopic (exact) mass is 394 g/mol. The highest BCUT2D eigenvalue weighted by molar-refractivity contribution is 6.52. The van der Waals surface area contributed by atoms with Crippen molar-refractivity contribution in [2.45, 2.75) is 32.4 Å². The van der Waals surface area contributed by atoms with Crippen molar-refractivity contribution >= 4 is 29.3 Å². The van der Waals surface area contributed by atoms with Crippen LogP contribution in [0, 0.1) is 0 Å². The lowest BCUT2D eigenvalue weighted by molar-refractivity contribution is -0.155. The fraction of sp³-hybridized carbons (Fsp3) is 0.273. The second-order valence-electron chi connectivity index (χ2n) is 6.77. The number of rotatable bonds is 7. The van der Waals surface area contributed by atoms with Gasteiger partial charge in [-0.3, -0.25) is 24.1 Å². The predicted octanol–water partition coefficient (Wildman–Crippen LogP) is 2.42. The predicted molar refractivity (Wildman–Crippen MR) is 106 cm³/mol. The van der Waals surface area contributed by atoms with Gasteiger partial charge in [0, 0.05) is 0 Å². The van der Waals surface area contributed by atoms with Gasteiger partial charge < -0.3 is 10.1 Å². The molecule has 1 aliphatic rings. The molecule has 1 aliphatic heterocycles. The first kappa shape index (κ1) is 20.3. The van der Waals surface area contributed by atoms with Gasteiger partial charge in [0.2, 0.25) is 0 Å². The Kier molecular flexibility index (Phi) is 6.07. The average Bonchev–Trinajstić information content (AvgIpc) is 2.97. The molecule has 0 spiro atoms. The van der Waals surface area contributed by atoms with Crippen molar-refractivity contribution in [3.63, 3.8) is 0 Å². The first-order valence-corrected chi connectivity index (χ1v) is 9.42. The molecule has 2 aromatic rings. The maximum absolute atomic E-state index is 12.5. The number of ketones is 1. The number of nitrogens with zero attached hydrogens (tertiary/aromatic N) is 1. The minimum absolute atomic E-state index is 0.249. The van der Waals surface area contributed by atoms with Crippen LogP contribution in [0.1, 0.15) is 42.2 Å². The Morgan fingerprint density at radius 1 is 1.03 bits per heavy atom. The molecule has 150 valence electrons. The van der Waals surface area contributed by atoms with E-state index >= 15 is 0 Å². The number of carbonyl (C=O) groups is 4. The highest BCUT2D eigenvalue weighted by atomic mass is 16.5. The minimum Gasteiger partial charge on any atom is -0.451 e. The van der Waals surface area contributed by atoms with Crippen molar-refractivity contribution in [3.8, 4) is 0 Å². The number of ether oxygens (including phenoxy) is 1. The van der Waals surface area contributed by atoms with Crippen molar-refractivity contribution in [1.29, 1.82) is 0 Å². The molecule has 3 rings (SSSR count). The molecule has 29 heavy (non-hydrogen) atoms. The molecule has 7 heteroatoms. The zero-order valence-electron chi connectivity index (χ0n) is 16.3. The molecular weight excluding hydrogens is 372 g/mol. The van der Waals surface area contributed by atoms with Crippen molar-refractivity contribution in [2.75, 3.05) is 11.4 Å². The van der Waals surface area contributed by atoms with Crippen LogP contribution in [0.5, 0.6) is 0 Å². The smallest absolute Gasteiger partial charge is 0.326 e. The van der Waals surface area contributed by atoms with Gasteiger partial charge in [-0.05, 0) is 31.0 Å². The van der Waals surface area contributed by atoms with Crippen LogP contribution >= 0.6 is 0 Å². The van der Waals surface area contributed by atoms with E-state index in [4.69, 9.17) is 4.74 Å². The number of hydrogen-bond donors (Lipinski definition) is 1. The molecule has 2 amide bonds.